The number of carbonyl (C=O) groups excluding carboxylic acids is 1. The number of hydrogen-bond donors (Lipinski definition) is 0. The van der Waals surface area contributed by atoms with Crippen LogP contribution in [0.3, 0.4) is 0 Å². The van der Waals surface area contributed by atoms with Gasteiger partial charge >= 0.3 is 0 Å². The molecule has 3 aromatic rings. The molecule has 1 aliphatic rings. The monoisotopic (exact) mass is 390 g/mol. The molecule has 0 unspecified atom stereocenters. The lowest BCUT2D eigenvalue weighted by atomic mass is 9.90. The van der Waals surface area contributed by atoms with Crippen LogP contribution >= 0.6 is 0 Å². The third kappa shape index (κ3) is 3.39. The van der Waals surface area contributed by atoms with E-state index in [1.807, 2.05) is 41.6 Å². The zero-order valence-electron chi connectivity index (χ0n) is 17.2. The van der Waals surface area contributed by atoms with E-state index in [4.69, 9.17) is 4.74 Å². The molecule has 2 atom stereocenters. The first kappa shape index (κ1) is 19.2. The van der Waals surface area contributed by atoms with Crippen LogP contribution in [0.4, 0.5) is 5.95 Å². The SMILES string of the molecule is COc1ccccc1[C@@H]1C[C@H](c2ccc(C)cc2)N(C(=O)C(C)C)c2ncnn21. The van der Waals surface area contributed by atoms with Crippen molar-refractivity contribution in [3.05, 3.63) is 71.5 Å². The first-order chi connectivity index (χ1) is 14.0. The van der Waals surface area contributed by atoms with Crippen molar-refractivity contribution in [2.45, 2.75) is 39.3 Å². The van der Waals surface area contributed by atoms with Gasteiger partial charge < -0.3 is 4.74 Å². The van der Waals surface area contributed by atoms with Gasteiger partial charge in [0.2, 0.25) is 11.9 Å². The minimum Gasteiger partial charge on any atom is -0.496 e. The second-order valence-corrected chi connectivity index (χ2v) is 7.79. The average molecular weight is 390 g/mol. The Labute approximate surface area is 171 Å². The van der Waals surface area contributed by atoms with Gasteiger partial charge in [-0.05, 0) is 25.0 Å². The molecule has 1 aliphatic heterocycles. The first-order valence-corrected chi connectivity index (χ1v) is 9.93. The molecule has 2 heterocycles. The quantitative estimate of drug-likeness (QED) is 0.666. The highest BCUT2D eigenvalue weighted by Gasteiger charge is 2.40. The Bertz CT molecular complexity index is 1010. The highest BCUT2D eigenvalue weighted by atomic mass is 16.5. The number of carbonyl (C=O) groups is 1. The summed E-state index contributed by atoms with van der Waals surface area (Å²) in [6.07, 6.45) is 2.22. The van der Waals surface area contributed by atoms with E-state index in [0.717, 1.165) is 16.9 Å². The predicted octanol–water partition coefficient (Wildman–Crippen LogP) is 4.32. The largest absolute Gasteiger partial charge is 0.496 e. The summed E-state index contributed by atoms with van der Waals surface area (Å²) in [6.45, 7) is 5.90. The molecule has 150 valence electrons. The smallest absolute Gasteiger partial charge is 0.232 e. The summed E-state index contributed by atoms with van der Waals surface area (Å²) in [5.74, 6) is 1.29. The maximum Gasteiger partial charge on any atom is 0.232 e. The van der Waals surface area contributed by atoms with E-state index in [9.17, 15) is 4.79 Å². The van der Waals surface area contributed by atoms with Crippen LogP contribution in [0.2, 0.25) is 0 Å². The van der Waals surface area contributed by atoms with Crippen LogP contribution in [0.15, 0.2) is 54.9 Å². The molecule has 0 saturated carbocycles. The summed E-state index contributed by atoms with van der Waals surface area (Å²) < 4.78 is 7.47. The molecule has 0 saturated heterocycles. The Morgan fingerprint density at radius 2 is 1.83 bits per heavy atom. The Balaban J connectivity index is 1.87. The number of hydrogen-bond acceptors (Lipinski definition) is 4. The number of benzene rings is 2. The number of ether oxygens (including phenoxy) is 1. The van der Waals surface area contributed by atoms with E-state index >= 15 is 0 Å². The van der Waals surface area contributed by atoms with Gasteiger partial charge in [0.15, 0.2) is 0 Å². The number of nitrogens with zero attached hydrogens (tertiary/aromatic N) is 4. The minimum atomic E-state index is -0.143. The second kappa shape index (κ2) is 7.70. The zero-order valence-corrected chi connectivity index (χ0v) is 17.2. The van der Waals surface area contributed by atoms with Gasteiger partial charge in [0.05, 0.1) is 19.2 Å². The van der Waals surface area contributed by atoms with Crippen molar-refractivity contribution in [2.24, 2.45) is 5.92 Å². The van der Waals surface area contributed by atoms with Crippen LogP contribution < -0.4 is 9.64 Å². The van der Waals surface area contributed by atoms with Gasteiger partial charge in [0.1, 0.15) is 12.1 Å². The summed E-state index contributed by atoms with van der Waals surface area (Å²) in [4.78, 5) is 19.5. The normalized spacial score (nSPS) is 18.6. The van der Waals surface area contributed by atoms with Gasteiger partial charge in [-0.2, -0.15) is 10.1 Å². The highest BCUT2D eigenvalue weighted by Crippen LogP contribution is 2.44. The molecule has 6 heteroatoms. The third-order valence-corrected chi connectivity index (χ3v) is 5.51. The number of methoxy groups -OCH3 is 1. The topological polar surface area (TPSA) is 60.2 Å². The molecule has 2 aromatic carbocycles. The van der Waals surface area contributed by atoms with Crippen molar-refractivity contribution < 1.29 is 9.53 Å². The number of amides is 1. The van der Waals surface area contributed by atoms with Crippen LogP contribution in [0.1, 0.15) is 49.0 Å². The standard InChI is InChI=1S/C23H26N4O2/c1-15(2)22(28)26-19(17-11-9-16(3)10-12-17)13-20(27-23(26)24-14-25-27)18-7-5-6-8-21(18)29-4/h5-12,14-15,19-20H,13H2,1-4H3/t19-,20+/m1/s1. The van der Waals surface area contributed by atoms with E-state index in [1.165, 1.54) is 11.9 Å². The number of rotatable bonds is 4. The van der Waals surface area contributed by atoms with E-state index in [2.05, 4.69) is 47.3 Å². The predicted molar refractivity (Wildman–Crippen MR) is 112 cm³/mol. The number of para-hydroxylation sites is 1. The van der Waals surface area contributed by atoms with Gasteiger partial charge in [-0.25, -0.2) is 4.68 Å². The maximum absolute atomic E-state index is 13.2. The van der Waals surface area contributed by atoms with Gasteiger partial charge in [-0.15, -0.1) is 0 Å². The van der Waals surface area contributed by atoms with Gasteiger partial charge in [0, 0.05) is 11.5 Å². The molecule has 0 fully saturated rings. The van der Waals surface area contributed by atoms with Crippen molar-refractivity contribution in [1.29, 1.82) is 0 Å². The molecule has 6 nitrogen and oxygen atoms in total. The van der Waals surface area contributed by atoms with Gasteiger partial charge in [0.25, 0.3) is 0 Å². The van der Waals surface area contributed by atoms with E-state index < -0.39 is 0 Å². The van der Waals surface area contributed by atoms with E-state index in [1.54, 1.807) is 7.11 Å². The first-order valence-electron chi connectivity index (χ1n) is 9.93. The molecular formula is C23H26N4O2. The molecule has 1 aromatic heterocycles. The maximum atomic E-state index is 13.2. The second-order valence-electron chi connectivity index (χ2n) is 7.79. The number of aromatic nitrogens is 3. The number of aryl methyl sites for hydroxylation is 1. The van der Waals surface area contributed by atoms with Crippen molar-refractivity contribution in [1.82, 2.24) is 14.8 Å². The van der Waals surface area contributed by atoms with Crippen LogP contribution in [0, 0.1) is 12.8 Å². The Hall–Kier alpha value is -3.15. The molecule has 0 aliphatic carbocycles. The number of anilines is 1. The molecule has 4 rings (SSSR count). The highest BCUT2D eigenvalue weighted by molar-refractivity contribution is 5.94. The van der Waals surface area contributed by atoms with E-state index in [-0.39, 0.29) is 23.9 Å². The molecule has 0 bridgehead atoms. The molecule has 29 heavy (non-hydrogen) atoms. The molecule has 0 spiro atoms. The fourth-order valence-corrected chi connectivity index (χ4v) is 4.00. The minimum absolute atomic E-state index is 0.0447. The van der Waals surface area contributed by atoms with Gasteiger partial charge in [-0.3, -0.25) is 9.69 Å². The molecular weight excluding hydrogens is 364 g/mol. The summed E-state index contributed by atoms with van der Waals surface area (Å²) in [6, 6.07) is 16.1. The Kier molecular flexibility index (Phi) is 5.09. The summed E-state index contributed by atoms with van der Waals surface area (Å²) in [7, 11) is 1.68. The summed E-state index contributed by atoms with van der Waals surface area (Å²) >= 11 is 0. The van der Waals surface area contributed by atoms with Crippen molar-refractivity contribution >= 4 is 11.9 Å². The number of fused-ring (bicyclic) bond motifs is 1. The molecule has 0 radical (unpaired) electrons. The lowest BCUT2D eigenvalue weighted by Crippen LogP contribution is -2.44. The lowest BCUT2D eigenvalue weighted by molar-refractivity contribution is -0.122. The fourth-order valence-electron chi connectivity index (χ4n) is 4.00. The van der Waals surface area contributed by atoms with Crippen molar-refractivity contribution in [2.75, 3.05) is 12.0 Å². The average Bonchev–Trinajstić information content (AvgIpc) is 3.22. The van der Waals surface area contributed by atoms with Crippen LogP contribution in [-0.4, -0.2) is 27.8 Å². The summed E-state index contributed by atoms with van der Waals surface area (Å²) in [5.41, 5.74) is 3.32. The molecule has 1 amide bonds. The summed E-state index contributed by atoms with van der Waals surface area (Å²) in [5, 5.41) is 4.48. The fraction of sp³-hybridized carbons (Fsp3) is 0.348. The van der Waals surface area contributed by atoms with Crippen LogP contribution in [-0.2, 0) is 4.79 Å². The van der Waals surface area contributed by atoms with Gasteiger partial charge in [-0.1, -0.05) is 61.9 Å². The van der Waals surface area contributed by atoms with E-state index in [0.29, 0.717) is 12.4 Å². The lowest BCUT2D eigenvalue weighted by Gasteiger charge is -2.40. The van der Waals surface area contributed by atoms with Crippen LogP contribution in [0.5, 0.6) is 5.75 Å². The van der Waals surface area contributed by atoms with Crippen molar-refractivity contribution in [3.8, 4) is 5.75 Å². The molecule has 0 N–H and O–H groups in total. The van der Waals surface area contributed by atoms with Crippen LogP contribution in [0.25, 0.3) is 0 Å². The Morgan fingerprint density at radius 1 is 1.10 bits per heavy atom. The zero-order chi connectivity index (χ0) is 20.5. The Morgan fingerprint density at radius 3 is 2.52 bits per heavy atom. The van der Waals surface area contributed by atoms with Crippen molar-refractivity contribution in [3.63, 3.8) is 0 Å². The third-order valence-electron chi connectivity index (χ3n) is 5.51.